The summed E-state index contributed by atoms with van der Waals surface area (Å²) in [6, 6.07) is 12.3. The van der Waals surface area contributed by atoms with Gasteiger partial charge in [-0.3, -0.25) is 19.5 Å². The fourth-order valence-corrected chi connectivity index (χ4v) is 3.97. The monoisotopic (exact) mass is 416 g/mol. The molecule has 0 radical (unpaired) electrons. The van der Waals surface area contributed by atoms with Crippen LogP contribution < -0.4 is 4.90 Å². The Kier molecular flexibility index (Phi) is 5.15. The summed E-state index contributed by atoms with van der Waals surface area (Å²) >= 11 is 0. The largest absolute Gasteiger partial charge is 0.507 e. The topological polar surface area (TPSA) is 70.5 Å². The van der Waals surface area contributed by atoms with Gasteiger partial charge in [-0.1, -0.05) is 17.7 Å². The van der Waals surface area contributed by atoms with E-state index in [-0.39, 0.29) is 16.9 Å². The molecule has 1 aliphatic heterocycles. The number of benzene rings is 2. The van der Waals surface area contributed by atoms with Gasteiger partial charge in [-0.25, -0.2) is 4.39 Å². The van der Waals surface area contributed by atoms with E-state index in [2.05, 4.69) is 4.98 Å². The Morgan fingerprint density at radius 2 is 1.68 bits per heavy atom. The zero-order valence-electron chi connectivity index (χ0n) is 17.4. The number of carbonyl (C=O) groups excluding carboxylic acids is 2. The number of halogens is 1. The van der Waals surface area contributed by atoms with E-state index in [0.29, 0.717) is 16.8 Å². The Balaban J connectivity index is 1.97. The standard InChI is InChI=1S/C25H21FN2O3/c1-14-4-7-20(16(3)12-14)28-22(17-8-10-27-11-9-17)21(24(30)25(28)31)23(29)18-5-6-19(26)15(2)13-18/h4-13,22,29H,1-3H3/b23-21+. The molecule has 0 spiro atoms. The van der Waals surface area contributed by atoms with Gasteiger partial charge in [0.15, 0.2) is 0 Å². The summed E-state index contributed by atoms with van der Waals surface area (Å²) < 4.78 is 13.7. The Labute approximate surface area is 179 Å². The highest BCUT2D eigenvalue weighted by atomic mass is 19.1. The highest BCUT2D eigenvalue weighted by Gasteiger charge is 2.47. The molecule has 6 heteroatoms. The molecule has 1 atom stereocenters. The number of aryl methyl sites for hydroxylation is 3. The first kappa shape index (κ1) is 20.5. The lowest BCUT2D eigenvalue weighted by Gasteiger charge is -2.27. The fourth-order valence-electron chi connectivity index (χ4n) is 3.97. The van der Waals surface area contributed by atoms with E-state index in [4.69, 9.17) is 0 Å². The minimum atomic E-state index is -0.838. The molecule has 1 aromatic heterocycles. The van der Waals surface area contributed by atoms with Gasteiger partial charge >= 0.3 is 0 Å². The molecule has 1 unspecified atom stereocenters. The summed E-state index contributed by atoms with van der Waals surface area (Å²) in [5.74, 6) is -2.27. The quantitative estimate of drug-likeness (QED) is 0.379. The van der Waals surface area contributed by atoms with Gasteiger partial charge in [0.2, 0.25) is 0 Å². The van der Waals surface area contributed by atoms with Crippen molar-refractivity contribution in [3.8, 4) is 0 Å². The maximum atomic E-state index is 13.7. The Morgan fingerprint density at radius 1 is 0.968 bits per heavy atom. The van der Waals surface area contributed by atoms with Crippen molar-refractivity contribution in [3.05, 3.63) is 100 Å². The van der Waals surface area contributed by atoms with Crippen LogP contribution in [0.4, 0.5) is 10.1 Å². The van der Waals surface area contributed by atoms with Gasteiger partial charge < -0.3 is 5.11 Å². The fraction of sp³-hybridized carbons (Fsp3) is 0.160. The van der Waals surface area contributed by atoms with Crippen molar-refractivity contribution in [1.29, 1.82) is 0 Å². The van der Waals surface area contributed by atoms with Gasteiger partial charge in [0.05, 0.1) is 11.6 Å². The van der Waals surface area contributed by atoms with Crippen molar-refractivity contribution in [2.75, 3.05) is 4.90 Å². The molecule has 4 rings (SSSR count). The van der Waals surface area contributed by atoms with Crippen LogP contribution in [0.2, 0.25) is 0 Å². The molecular formula is C25H21FN2O3. The number of ketones is 1. The van der Waals surface area contributed by atoms with Gasteiger partial charge in [0, 0.05) is 23.6 Å². The molecule has 2 aromatic carbocycles. The highest BCUT2D eigenvalue weighted by Crippen LogP contribution is 2.43. The number of nitrogens with zero attached hydrogens (tertiary/aromatic N) is 2. The van der Waals surface area contributed by atoms with Gasteiger partial charge in [-0.2, -0.15) is 0 Å². The molecule has 0 aliphatic carbocycles. The van der Waals surface area contributed by atoms with Crippen LogP contribution in [-0.2, 0) is 9.59 Å². The molecule has 5 nitrogen and oxygen atoms in total. The predicted molar refractivity (Wildman–Crippen MR) is 116 cm³/mol. The van der Waals surface area contributed by atoms with Crippen molar-refractivity contribution in [1.82, 2.24) is 4.98 Å². The predicted octanol–water partition coefficient (Wildman–Crippen LogP) is 4.77. The Hall–Kier alpha value is -3.80. The van der Waals surface area contributed by atoms with Gasteiger partial charge in [0.1, 0.15) is 11.6 Å². The third-order valence-electron chi connectivity index (χ3n) is 5.51. The molecule has 1 fully saturated rings. The van der Waals surface area contributed by atoms with E-state index < -0.39 is 23.5 Å². The van der Waals surface area contributed by atoms with Crippen molar-refractivity contribution in [3.63, 3.8) is 0 Å². The number of amides is 1. The lowest BCUT2D eigenvalue weighted by molar-refractivity contribution is -0.132. The number of hydrogen-bond acceptors (Lipinski definition) is 4. The molecule has 1 aliphatic rings. The van der Waals surface area contributed by atoms with Gasteiger partial charge in [-0.15, -0.1) is 0 Å². The minimum absolute atomic E-state index is 0.0396. The Morgan fingerprint density at radius 3 is 2.32 bits per heavy atom. The molecule has 2 heterocycles. The van der Waals surface area contributed by atoms with Crippen LogP contribution in [0.3, 0.4) is 0 Å². The number of carbonyl (C=O) groups is 2. The molecule has 1 saturated heterocycles. The van der Waals surface area contributed by atoms with E-state index in [1.807, 2.05) is 26.0 Å². The smallest absolute Gasteiger partial charge is 0.300 e. The van der Waals surface area contributed by atoms with Crippen molar-refractivity contribution < 1.29 is 19.1 Å². The zero-order chi connectivity index (χ0) is 22.3. The van der Waals surface area contributed by atoms with Crippen LogP contribution in [0, 0.1) is 26.6 Å². The molecular weight excluding hydrogens is 395 g/mol. The van der Waals surface area contributed by atoms with Crippen LogP contribution in [0.1, 0.15) is 33.9 Å². The molecule has 1 amide bonds. The summed E-state index contributed by atoms with van der Waals surface area (Å²) in [5.41, 5.74) is 3.64. The summed E-state index contributed by atoms with van der Waals surface area (Å²) in [6.45, 7) is 5.39. The maximum absolute atomic E-state index is 13.7. The summed E-state index contributed by atoms with van der Waals surface area (Å²) in [6.07, 6.45) is 3.14. The van der Waals surface area contributed by atoms with E-state index >= 15 is 0 Å². The summed E-state index contributed by atoms with van der Waals surface area (Å²) in [7, 11) is 0. The van der Waals surface area contributed by atoms with Crippen molar-refractivity contribution in [2.24, 2.45) is 0 Å². The number of aliphatic hydroxyl groups is 1. The van der Waals surface area contributed by atoms with E-state index in [1.54, 1.807) is 37.5 Å². The van der Waals surface area contributed by atoms with Gasteiger partial charge in [0.25, 0.3) is 11.7 Å². The zero-order valence-corrected chi connectivity index (χ0v) is 17.4. The second-order valence-corrected chi connectivity index (χ2v) is 7.70. The normalized spacial score (nSPS) is 17.9. The van der Waals surface area contributed by atoms with Crippen LogP contribution in [-0.4, -0.2) is 21.8 Å². The highest BCUT2D eigenvalue weighted by molar-refractivity contribution is 6.51. The molecule has 0 saturated carbocycles. The van der Waals surface area contributed by atoms with Crippen LogP contribution >= 0.6 is 0 Å². The SMILES string of the molecule is Cc1ccc(N2C(=O)C(=O)/C(=C(/O)c3ccc(F)c(C)c3)C2c2ccncc2)c(C)c1. The number of Topliss-reactive ketones (excluding diaryl/α,β-unsaturated/α-hetero) is 1. The number of pyridine rings is 1. The molecule has 3 aromatic rings. The lowest BCUT2D eigenvalue weighted by Crippen LogP contribution is -2.30. The van der Waals surface area contributed by atoms with E-state index in [9.17, 15) is 19.1 Å². The number of aliphatic hydroxyl groups excluding tert-OH is 1. The maximum Gasteiger partial charge on any atom is 0.300 e. The van der Waals surface area contributed by atoms with Crippen LogP contribution in [0.25, 0.3) is 5.76 Å². The van der Waals surface area contributed by atoms with Crippen molar-refractivity contribution >= 4 is 23.1 Å². The summed E-state index contributed by atoms with van der Waals surface area (Å²) in [5, 5.41) is 11.1. The average molecular weight is 416 g/mol. The first-order valence-corrected chi connectivity index (χ1v) is 9.84. The first-order chi connectivity index (χ1) is 14.8. The average Bonchev–Trinajstić information content (AvgIpc) is 3.01. The van der Waals surface area contributed by atoms with Crippen molar-refractivity contribution in [2.45, 2.75) is 26.8 Å². The van der Waals surface area contributed by atoms with E-state index in [1.165, 1.54) is 23.1 Å². The third-order valence-corrected chi connectivity index (χ3v) is 5.51. The molecule has 0 bridgehead atoms. The molecule has 31 heavy (non-hydrogen) atoms. The van der Waals surface area contributed by atoms with Crippen LogP contribution in [0.15, 0.2) is 66.5 Å². The Bertz CT molecular complexity index is 1230. The van der Waals surface area contributed by atoms with Gasteiger partial charge in [-0.05, 0) is 73.9 Å². The number of rotatable bonds is 3. The first-order valence-electron chi connectivity index (χ1n) is 9.84. The van der Waals surface area contributed by atoms with E-state index in [0.717, 1.165) is 11.1 Å². The molecule has 156 valence electrons. The lowest BCUT2D eigenvalue weighted by atomic mass is 9.95. The van der Waals surface area contributed by atoms with Crippen LogP contribution in [0.5, 0.6) is 0 Å². The molecule has 1 N–H and O–H groups in total. The number of anilines is 1. The second-order valence-electron chi connectivity index (χ2n) is 7.70. The third kappa shape index (κ3) is 3.50. The minimum Gasteiger partial charge on any atom is -0.507 e. The summed E-state index contributed by atoms with van der Waals surface area (Å²) in [4.78, 5) is 31.7. The number of aromatic nitrogens is 1. The number of hydrogen-bond donors (Lipinski definition) is 1. The second kappa shape index (κ2) is 7.80.